The van der Waals surface area contributed by atoms with Gasteiger partial charge in [-0.3, -0.25) is 0 Å². The van der Waals surface area contributed by atoms with Gasteiger partial charge in [0.15, 0.2) is 0 Å². The highest BCUT2D eigenvalue weighted by atomic mass is 16.5. The summed E-state index contributed by atoms with van der Waals surface area (Å²) in [5.41, 5.74) is 2.62. The van der Waals surface area contributed by atoms with Gasteiger partial charge in [0.2, 0.25) is 0 Å². The van der Waals surface area contributed by atoms with Gasteiger partial charge < -0.3 is 10.1 Å². The van der Waals surface area contributed by atoms with Gasteiger partial charge in [-0.2, -0.15) is 0 Å². The van der Waals surface area contributed by atoms with E-state index >= 15 is 0 Å². The molecule has 18 heavy (non-hydrogen) atoms. The summed E-state index contributed by atoms with van der Waals surface area (Å²) in [4.78, 5) is 4.26. The number of aromatic nitrogens is 1. The molecular formula is C15H18N2O. The molecule has 1 aromatic carbocycles. The lowest BCUT2D eigenvalue weighted by Gasteiger charge is -2.07. The van der Waals surface area contributed by atoms with Crippen LogP contribution < -0.4 is 10.1 Å². The van der Waals surface area contributed by atoms with Gasteiger partial charge in [0.05, 0.1) is 13.3 Å². The van der Waals surface area contributed by atoms with Crippen LogP contribution in [0.25, 0.3) is 0 Å². The maximum Gasteiger partial charge on any atom is 0.137 e. The molecule has 0 fully saturated rings. The average molecular weight is 242 g/mol. The first-order valence-corrected chi connectivity index (χ1v) is 6.13. The van der Waals surface area contributed by atoms with Crippen LogP contribution in [0, 0.1) is 0 Å². The molecule has 0 bridgehead atoms. The lowest BCUT2D eigenvalue weighted by atomic mass is 10.1. The monoisotopic (exact) mass is 242 g/mol. The molecule has 3 heteroatoms. The number of methoxy groups -OCH3 is 1. The van der Waals surface area contributed by atoms with Gasteiger partial charge in [-0.15, -0.1) is 0 Å². The Hall–Kier alpha value is -2.03. The fraction of sp³-hybridized carbons (Fsp3) is 0.267. The number of nitrogens with zero attached hydrogens (tertiary/aromatic N) is 1. The lowest BCUT2D eigenvalue weighted by molar-refractivity contribution is 0.413. The number of benzene rings is 1. The number of ether oxygens (including phenoxy) is 1. The van der Waals surface area contributed by atoms with Gasteiger partial charge >= 0.3 is 0 Å². The fourth-order valence-corrected chi connectivity index (χ4v) is 1.69. The number of hydrogen-bond acceptors (Lipinski definition) is 3. The van der Waals surface area contributed by atoms with Crippen LogP contribution in [-0.4, -0.2) is 12.1 Å². The van der Waals surface area contributed by atoms with E-state index in [-0.39, 0.29) is 0 Å². The highest BCUT2D eigenvalue weighted by Gasteiger charge is 1.97. The van der Waals surface area contributed by atoms with Crippen LogP contribution >= 0.6 is 0 Å². The molecule has 0 saturated carbocycles. The second-order valence-electron chi connectivity index (χ2n) is 4.11. The minimum atomic E-state index is 0.771. The van der Waals surface area contributed by atoms with Crippen molar-refractivity contribution in [2.75, 3.05) is 12.4 Å². The number of pyridine rings is 1. The van der Waals surface area contributed by atoms with E-state index in [9.17, 15) is 0 Å². The number of nitrogens with one attached hydrogen (secondary N) is 1. The third-order valence-electron chi connectivity index (χ3n) is 2.88. The highest BCUT2D eigenvalue weighted by Crippen LogP contribution is 2.12. The summed E-state index contributed by atoms with van der Waals surface area (Å²) in [6.45, 7) is 2.94. The molecule has 2 rings (SSSR count). The Morgan fingerprint density at radius 2 is 1.78 bits per heavy atom. The quantitative estimate of drug-likeness (QED) is 0.873. The van der Waals surface area contributed by atoms with Crippen LogP contribution in [0.3, 0.4) is 0 Å². The molecule has 1 heterocycles. The van der Waals surface area contributed by atoms with Crippen molar-refractivity contribution in [3.8, 4) is 5.75 Å². The molecule has 0 atom stereocenters. The molecule has 2 aromatic rings. The Labute approximate surface area is 108 Å². The van der Waals surface area contributed by atoms with Crippen molar-refractivity contribution in [1.82, 2.24) is 4.98 Å². The van der Waals surface area contributed by atoms with Crippen molar-refractivity contribution >= 4 is 5.82 Å². The Morgan fingerprint density at radius 3 is 2.33 bits per heavy atom. The zero-order valence-electron chi connectivity index (χ0n) is 10.8. The number of rotatable bonds is 5. The molecular weight excluding hydrogens is 224 g/mol. The van der Waals surface area contributed by atoms with E-state index in [2.05, 4.69) is 41.5 Å². The van der Waals surface area contributed by atoms with E-state index in [1.165, 1.54) is 11.1 Å². The van der Waals surface area contributed by atoms with Crippen molar-refractivity contribution in [1.29, 1.82) is 0 Å². The van der Waals surface area contributed by atoms with Crippen molar-refractivity contribution in [2.45, 2.75) is 19.9 Å². The van der Waals surface area contributed by atoms with Crippen LogP contribution in [0.1, 0.15) is 18.1 Å². The van der Waals surface area contributed by atoms with Crippen molar-refractivity contribution in [2.24, 2.45) is 0 Å². The van der Waals surface area contributed by atoms with Crippen LogP contribution in [0.2, 0.25) is 0 Å². The van der Waals surface area contributed by atoms with Gasteiger partial charge in [0, 0.05) is 6.54 Å². The zero-order valence-corrected chi connectivity index (χ0v) is 10.8. The first-order chi connectivity index (χ1) is 8.81. The van der Waals surface area contributed by atoms with E-state index < -0.39 is 0 Å². The van der Waals surface area contributed by atoms with Gasteiger partial charge in [-0.1, -0.05) is 31.2 Å². The first-order valence-electron chi connectivity index (χ1n) is 6.13. The number of aryl methyl sites for hydroxylation is 1. The predicted molar refractivity (Wildman–Crippen MR) is 73.9 cm³/mol. The van der Waals surface area contributed by atoms with Crippen LogP contribution in [0.5, 0.6) is 5.75 Å². The summed E-state index contributed by atoms with van der Waals surface area (Å²) in [5.74, 6) is 1.63. The summed E-state index contributed by atoms with van der Waals surface area (Å²) in [6.07, 6.45) is 2.79. The van der Waals surface area contributed by atoms with Gasteiger partial charge in [0.1, 0.15) is 11.6 Å². The smallest absolute Gasteiger partial charge is 0.137 e. The van der Waals surface area contributed by atoms with Gasteiger partial charge in [-0.25, -0.2) is 4.98 Å². The summed E-state index contributed by atoms with van der Waals surface area (Å²) in [6, 6.07) is 12.4. The topological polar surface area (TPSA) is 34.1 Å². The second kappa shape index (κ2) is 6.05. The molecule has 3 nitrogen and oxygen atoms in total. The molecule has 0 aliphatic rings. The van der Waals surface area contributed by atoms with E-state index in [1.807, 2.05) is 12.1 Å². The Kier molecular flexibility index (Phi) is 4.18. The molecule has 0 aliphatic carbocycles. The molecule has 0 radical (unpaired) electrons. The van der Waals surface area contributed by atoms with Crippen LogP contribution in [0.15, 0.2) is 42.6 Å². The average Bonchev–Trinajstić information content (AvgIpc) is 2.46. The molecule has 0 amide bonds. The van der Waals surface area contributed by atoms with E-state index in [0.29, 0.717) is 0 Å². The molecule has 1 N–H and O–H groups in total. The maximum absolute atomic E-state index is 5.07. The van der Waals surface area contributed by atoms with Crippen molar-refractivity contribution in [3.63, 3.8) is 0 Å². The van der Waals surface area contributed by atoms with Crippen LogP contribution in [0.4, 0.5) is 5.82 Å². The third-order valence-corrected chi connectivity index (χ3v) is 2.88. The minimum Gasteiger partial charge on any atom is -0.495 e. The maximum atomic E-state index is 5.07. The van der Waals surface area contributed by atoms with E-state index in [0.717, 1.165) is 24.5 Å². The minimum absolute atomic E-state index is 0.771. The summed E-state index contributed by atoms with van der Waals surface area (Å²) in [5, 5.41) is 3.28. The zero-order chi connectivity index (χ0) is 12.8. The summed E-state index contributed by atoms with van der Waals surface area (Å²) < 4.78 is 5.07. The van der Waals surface area contributed by atoms with Crippen molar-refractivity contribution in [3.05, 3.63) is 53.7 Å². The normalized spacial score (nSPS) is 10.1. The largest absolute Gasteiger partial charge is 0.495 e. The molecule has 94 valence electrons. The van der Waals surface area contributed by atoms with E-state index in [4.69, 9.17) is 4.74 Å². The predicted octanol–water partition coefficient (Wildman–Crippen LogP) is 3.26. The van der Waals surface area contributed by atoms with Gasteiger partial charge in [0.25, 0.3) is 0 Å². The molecule has 0 unspecified atom stereocenters. The lowest BCUT2D eigenvalue weighted by Crippen LogP contribution is -2.01. The van der Waals surface area contributed by atoms with Crippen LogP contribution in [-0.2, 0) is 13.0 Å². The second-order valence-corrected chi connectivity index (χ2v) is 4.11. The molecule has 0 aliphatic heterocycles. The SMILES string of the molecule is CCc1ccc(CNc2ccc(OC)cn2)cc1. The Balaban J connectivity index is 1.93. The third kappa shape index (κ3) is 3.23. The Morgan fingerprint density at radius 1 is 1.06 bits per heavy atom. The highest BCUT2D eigenvalue weighted by molar-refractivity contribution is 5.38. The number of anilines is 1. The van der Waals surface area contributed by atoms with Crippen molar-refractivity contribution < 1.29 is 4.74 Å². The molecule has 0 saturated heterocycles. The van der Waals surface area contributed by atoms with Gasteiger partial charge in [-0.05, 0) is 29.7 Å². The van der Waals surface area contributed by atoms with E-state index in [1.54, 1.807) is 13.3 Å². The summed E-state index contributed by atoms with van der Waals surface area (Å²) >= 11 is 0. The standard InChI is InChI=1S/C15H18N2O/c1-3-12-4-6-13(7-5-12)10-16-15-9-8-14(18-2)11-17-15/h4-9,11H,3,10H2,1-2H3,(H,16,17). The fourth-order valence-electron chi connectivity index (χ4n) is 1.69. The molecule has 1 aromatic heterocycles. The first kappa shape index (κ1) is 12.4. The number of hydrogen-bond donors (Lipinski definition) is 1. The Bertz CT molecular complexity index is 429. The molecule has 0 spiro atoms. The summed E-state index contributed by atoms with van der Waals surface area (Å²) in [7, 11) is 1.64.